The molecule has 0 atom stereocenters. The van der Waals surface area contributed by atoms with Gasteiger partial charge in [0.15, 0.2) is 0 Å². The number of aromatic nitrogens is 1. The molecule has 0 spiro atoms. The summed E-state index contributed by atoms with van der Waals surface area (Å²) < 4.78 is 42.8. The number of aryl methyl sites for hydroxylation is 2. The zero-order chi connectivity index (χ0) is 18.4. The van der Waals surface area contributed by atoms with Gasteiger partial charge in [0.1, 0.15) is 5.82 Å². The van der Waals surface area contributed by atoms with E-state index in [0.717, 1.165) is 5.56 Å². The average molecular weight is 364 g/mol. The molecule has 0 radical (unpaired) electrons. The topological polar surface area (TPSA) is 68.2 Å². The van der Waals surface area contributed by atoms with E-state index in [9.17, 15) is 17.6 Å². The molecule has 1 aromatic heterocycles. The van der Waals surface area contributed by atoms with Gasteiger partial charge in [0, 0.05) is 25.2 Å². The Morgan fingerprint density at radius 2 is 1.96 bits per heavy atom. The first kappa shape index (κ1) is 17.7. The summed E-state index contributed by atoms with van der Waals surface area (Å²) in [7, 11) is -1.91. The van der Waals surface area contributed by atoms with E-state index < -0.39 is 10.0 Å². The van der Waals surface area contributed by atoms with Gasteiger partial charge >= 0.3 is 0 Å². The van der Waals surface area contributed by atoms with E-state index in [1.807, 2.05) is 0 Å². The molecular formula is C18H21FN2O3S. The Hall–Kier alpha value is -2.15. The Balaban J connectivity index is 2.07. The lowest BCUT2D eigenvalue weighted by Crippen LogP contribution is -2.25. The lowest BCUT2D eigenvalue weighted by Gasteiger charge is -2.16. The highest BCUT2D eigenvalue weighted by atomic mass is 32.2. The molecule has 0 saturated heterocycles. The smallest absolute Gasteiger partial charge is 0.253 e. The van der Waals surface area contributed by atoms with Crippen molar-refractivity contribution in [2.45, 2.75) is 38.4 Å². The third-order valence-corrected chi connectivity index (χ3v) is 6.39. The summed E-state index contributed by atoms with van der Waals surface area (Å²) in [5.41, 5.74) is 2.27. The summed E-state index contributed by atoms with van der Waals surface area (Å²) in [6.07, 6.45) is 2.90. The molecule has 0 bridgehead atoms. The number of pyridine rings is 1. The van der Waals surface area contributed by atoms with Crippen LogP contribution in [0.4, 0.5) is 10.1 Å². The van der Waals surface area contributed by atoms with E-state index >= 15 is 0 Å². The molecule has 1 N–H and O–H groups in total. The molecule has 1 saturated carbocycles. The van der Waals surface area contributed by atoms with Gasteiger partial charge in [-0.15, -0.1) is 0 Å². The van der Waals surface area contributed by atoms with E-state index in [0.29, 0.717) is 35.2 Å². The van der Waals surface area contributed by atoms with Gasteiger partial charge in [-0.1, -0.05) is 12.1 Å². The normalized spacial score (nSPS) is 14.6. The molecule has 3 rings (SSSR count). The van der Waals surface area contributed by atoms with Gasteiger partial charge in [-0.2, -0.15) is 0 Å². The number of sulfonamides is 1. The van der Waals surface area contributed by atoms with E-state index in [2.05, 4.69) is 4.72 Å². The van der Waals surface area contributed by atoms with Gasteiger partial charge in [-0.25, -0.2) is 12.8 Å². The van der Waals surface area contributed by atoms with Crippen molar-refractivity contribution in [3.05, 3.63) is 62.8 Å². The van der Waals surface area contributed by atoms with Crippen molar-refractivity contribution in [2.24, 2.45) is 7.05 Å². The number of anilines is 1. The number of nitrogens with zero attached hydrogens (tertiary/aromatic N) is 1. The van der Waals surface area contributed by atoms with Crippen molar-refractivity contribution in [3.63, 3.8) is 0 Å². The first-order chi connectivity index (χ1) is 11.7. The Labute approximate surface area is 146 Å². The van der Waals surface area contributed by atoms with Crippen LogP contribution in [0.5, 0.6) is 0 Å². The molecule has 5 nitrogen and oxygen atoms in total. The summed E-state index contributed by atoms with van der Waals surface area (Å²) in [4.78, 5) is 12.3. The summed E-state index contributed by atoms with van der Waals surface area (Å²) in [6, 6.07) is 4.89. The monoisotopic (exact) mass is 364 g/mol. The molecule has 1 aliphatic carbocycles. The molecule has 1 aromatic carbocycles. The van der Waals surface area contributed by atoms with Crippen LogP contribution in [0.1, 0.15) is 35.1 Å². The maximum absolute atomic E-state index is 14.2. The molecule has 1 fully saturated rings. The maximum atomic E-state index is 14.2. The SMILES string of the molecule is Cc1ccc(Cc2c(NS(=O)(=O)C3CC3)cn(C)c(=O)c2C)c(F)c1. The van der Waals surface area contributed by atoms with Crippen LogP contribution in [0.3, 0.4) is 0 Å². The zero-order valence-corrected chi connectivity index (χ0v) is 15.3. The molecule has 134 valence electrons. The molecule has 1 aliphatic rings. The fourth-order valence-electron chi connectivity index (χ4n) is 2.84. The molecule has 0 amide bonds. The Kier molecular flexibility index (Phi) is 4.45. The minimum absolute atomic E-state index is 0.149. The number of hydrogen-bond acceptors (Lipinski definition) is 3. The highest BCUT2D eigenvalue weighted by Crippen LogP contribution is 2.31. The minimum atomic E-state index is -3.48. The third-order valence-electron chi connectivity index (χ3n) is 4.53. The number of hydrogen-bond donors (Lipinski definition) is 1. The number of halogens is 1. The van der Waals surface area contributed by atoms with Gasteiger partial charge in [0.05, 0.1) is 10.9 Å². The van der Waals surface area contributed by atoms with Crippen molar-refractivity contribution in [3.8, 4) is 0 Å². The number of benzene rings is 1. The van der Waals surface area contributed by atoms with Gasteiger partial charge in [0.2, 0.25) is 10.0 Å². The van der Waals surface area contributed by atoms with Crippen LogP contribution in [-0.4, -0.2) is 18.2 Å². The molecule has 7 heteroatoms. The van der Waals surface area contributed by atoms with Gasteiger partial charge in [-0.3, -0.25) is 9.52 Å². The van der Waals surface area contributed by atoms with Crippen molar-refractivity contribution >= 4 is 15.7 Å². The van der Waals surface area contributed by atoms with E-state index in [1.54, 1.807) is 33.0 Å². The summed E-state index contributed by atoms with van der Waals surface area (Å²) in [6.45, 7) is 3.43. The molecule has 25 heavy (non-hydrogen) atoms. The van der Waals surface area contributed by atoms with Crippen molar-refractivity contribution < 1.29 is 12.8 Å². The lowest BCUT2D eigenvalue weighted by atomic mass is 9.99. The van der Waals surface area contributed by atoms with Crippen LogP contribution in [-0.2, 0) is 23.5 Å². The standard InChI is InChI=1S/C18H21FN2O3S/c1-11-4-5-13(16(19)8-11)9-15-12(2)18(22)21(3)10-17(15)20-25(23,24)14-6-7-14/h4-5,8,10,14,20H,6-7,9H2,1-3H3. The Morgan fingerprint density at radius 1 is 1.28 bits per heavy atom. The number of rotatable bonds is 5. The van der Waals surface area contributed by atoms with Gasteiger partial charge in [0.25, 0.3) is 5.56 Å². The summed E-state index contributed by atoms with van der Waals surface area (Å²) >= 11 is 0. The van der Waals surface area contributed by atoms with Crippen LogP contribution in [0.2, 0.25) is 0 Å². The average Bonchev–Trinajstić information content (AvgIpc) is 3.36. The van der Waals surface area contributed by atoms with Crippen LogP contribution < -0.4 is 10.3 Å². The highest BCUT2D eigenvalue weighted by Gasteiger charge is 2.36. The van der Waals surface area contributed by atoms with E-state index in [1.165, 1.54) is 16.8 Å². The molecule has 0 aliphatic heterocycles. The van der Waals surface area contributed by atoms with E-state index in [-0.39, 0.29) is 23.0 Å². The Bertz CT molecular complexity index is 992. The molecule has 0 unspecified atom stereocenters. The van der Waals surface area contributed by atoms with Crippen LogP contribution >= 0.6 is 0 Å². The molecular weight excluding hydrogens is 343 g/mol. The maximum Gasteiger partial charge on any atom is 0.253 e. The predicted octanol–water partition coefficient (Wildman–Crippen LogP) is 2.64. The summed E-state index contributed by atoms with van der Waals surface area (Å²) in [5.74, 6) is -0.365. The minimum Gasteiger partial charge on any atom is -0.316 e. The highest BCUT2D eigenvalue weighted by molar-refractivity contribution is 7.93. The predicted molar refractivity (Wildman–Crippen MR) is 95.9 cm³/mol. The summed E-state index contributed by atoms with van der Waals surface area (Å²) in [5, 5.41) is -0.381. The second-order valence-corrected chi connectivity index (χ2v) is 8.64. The quantitative estimate of drug-likeness (QED) is 0.887. The Morgan fingerprint density at radius 3 is 2.56 bits per heavy atom. The van der Waals surface area contributed by atoms with Crippen LogP contribution in [0.15, 0.2) is 29.2 Å². The fourth-order valence-corrected chi connectivity index (χ4v) is 4.25. The first-order valence-electron chi connectivity index (χ1n) is 8.15. The largest absolute Gasteiger partial charge is 0.316 e. The van der Waals surface area contributed by atoms with Crippen molar-refractivity contribution in [1.29, 1.82) is 0 Å². The molecule has 1 heterocycles. The van der Waals surface area contributed by atoms with Crippen molar-refractivity contribution in [2.75, 3.05) is 4.72 Å². The van der Waals surface area contributed by atoms with Crippen LogP contribution in [0, 0.1) is 19.7 Å². The van der Waals surface area contributed by atoms with E-state index in [4.69, 9.17) is 0 Å². The molecule has 2 aromatic rings. The van der Waals surface area contributed by atoms with Crippen molar-refractivity contribution in [1.82, 2.24) is 4.57 Å². The number of nitrogens with one attached hydrogen (secondary N) is 1. The second kappa shape index (κ2) is 6.29. The second-order valence-electron chi connectivity index (χ2n) is 6.68. The first-order valence-corrected chi connectivity index (χ1v) is 9.69. The van der Waals surface area contributed by atoms with Gasteiger partial charge < -0.3 is 4.57 Å². The fraction of sp³-hybridized carbons (Fsp3) is 0.389. The van der Waals surface area contributed by atoms with Crippen LogP contribution in [0.25, 0.3) is 0 Å². The lowest BCUT2D eigenvalue weighted by molar-refractivity contribution is 0.600. The third kappa shape index (κ3) is 3.61. The zero-order valence-electron chi connectivity index (χ0n) is 14.5. The van der Waals surface area contributed by atoms with Gasteiger partial charge in [-0.05, 0) is 49.4 Å².